The van der Waals surface area contributed by atoms with E-state index in [0.717, 1.165) is 74.5 Å². The zero-order valence-electron chi connectivity index (χ0n) is 48.3. The Hall–Kier alpha value is -1.78. The first kappa shape index (κ1) is 61.8. The second kappa shape index (κ2) is 25.8. The molecule has 412 valence electrons. The van der Waals surface area contributed by atoms with Gasteiger partial charge >= 0.3 is 17.9 Å². The fourth-order valence-electron chi connectivity index (χ4n) is 14.5. The highest BCUT2D eigenvalue weighted by molar-refractivity contribution is 7.45. The second-order valence-corrected chi connectivity index (χ2v) is 29.3. The standard InChI is InChI=1S/C59H106NO10P/c1-18-44(40(2)3)21-20-42(5)50-25-26-51-49-24-22-45-35-46(29-31-58(45,13)52(49)30-32-59(50,51)14)69-53(61)27-28-54(62)70-47(39-68-71(64,65)67-34-33-60(15,16)17)38-66-55(63)48(43(6)37-57(10,11)12)23-19-41(4)36-56(7,8)9/h22,40-44,46-52H,18-21,23-39H2,1-17H3/t41?,42?,43?,44?,46-,47?,48?,49-,50+,51-,52-,58-,59+/m0/s1. The second-order valence-electron chi connectivity index (χ2n) is 27.9. The number of carbonyl (C=O) groups excluding carboxylic acids is 3. The summed E-state index contributed by atoms with van der Waals surface area (Å²) in [6, 6.07) is 0. The summed E-state index contributed by atoms with van der Waals surface area (Å²) in [4.78, 5) is 53.5. The predicted molar refractivity (Wildman–Crippen MR) is 284 cm³/mol. The van der Waals surface area contributed by atoms with Crippen LogP contribution in [0.5, 0.6) is 0 Å². The summed E-state index contributed by atoms with van der Waals surface area (Å²) in [7, 11) is 0.957. The minimum Gasteiger partial charge on any atom is -0.756 e. The van der Waals surface area contributed by atoms with Gasteiger partial charge in [-0.15, -0.1) is 0 Å². The van der Waals surface area contributed by atoms with E-state index >= 15 is 0 Å². The van der Waals surface area contributed by atoms with Crippen molar-refractivity contribution in [2.75, 3.05) is 47.5 Å². The molecule has 0 aliphatic heterocycles. The highest BCUT2D eigenvalue weighted by Gasteiger charge is 2.59. The van der Waals surface area contributed by atoms with Gasteiger partial charge in [-0.05, 0) is 152 Å². The van der Waals surface area contributed by atoms with Crippen LogP contribution in [-0.2, 0) is 42.2 Å². The maximum absolute atomic E-state index is 13.9. The number of hydrogen-bond donors (Lipinski definition) is 0. The van der Waals surface area contributed by atoms with Crippen LogP contribution in [0.4, 0.5) is 0 Å². The first-order chi connectivity index (χ1) is 32.8. The Bertz CT molecular complexity index is 1790. The minimum absolute atomic E-state index is 0.0144. The van der Waals surface area contributed by atoms with Crippen LogP contribution >= 0.6 is 7.82 Å². The minimum atomic E-state index is -4.79. The molecule has 0 N–H and O–H groups in total. The molecule has 71 heavy (non-hydrogen) atoms. The van der Waals surface area contributed by atoms with Gasteiger partial charge in [0.2, 0.25) is 0 Å². The summed E-state index contributed by atoms with van der Waals surface area (Å²) in [5.41, 5.74) is 2.13. The van der Waals surface area contributed by atoms with Crippen LogP contribution in [0.2, 0.25) is 0 Å². The number of nitrogens with zero attached hydrogens (tertiary/aromatic N) is 1. The Kier molecular flexibility index (Phi) is 22.5. The monoisotopic (exact) mass is 1020 g/mol. The van der Waals surface area contributed by atoms with E-state index < -0.39 is 51.0 Å². The summed E-state index contributed by atoms with van der Waals surface area (Å²) in [5, 5.41) is 0. The van der Waals surface area contributed by atoms with Crippen molar-refractivity contribution >= 4 is 25.7 Å². The molecule has 0 aromatic rings. The van der Waals surface area contributed by atoms with Crippen molar-refractivity contribution in [3.05, 3.63) is 11.6 Å². The molecule has 11 nitrogen and oxygen atoms in total. The van der Waals surface area contributed by atoms with Gasteiger partial charge in [-0.3, -0.25) is 18.9 Å². The van der Waals surface area contributed by atoms with E-state index in [2.05, 4.69) is 103 Å². The van der Waals surface area contributed by atoms with Crippen LogP contribution in [0.25, 0.3) is 0 Å². The summed E-state index contributed by atoms with van der Waals surface area (Å²) in [6.45, 7) is 31.5. The van der Waals surface area contributed by atoms with E-state index in [9.17, 15) is 23.8 Å². The summed E-state index contributed by atoms with van der Waals surface area (Å²) in [6.07, 6.45) is 16.8. The number of fused-ring (bicyclic) bond motifs is 5. The first-order valence-electron chi connectivity index (χ1n) is 28.4. The number of allylic oxidation sites excluding steroid dienone is 1. The van der Waals surface area contributed by atoms with Gasteiger partial charge in [-0.25, -0.2) is 0 Å². The Morgan fingerprint density at radius 1 is 0.817 bits per heavy atom. The molecule has 0 heterocycles. The molecule has 7 unspecified atom stereocenters. The number of hydrogen-bond acceptors (Lipinski definition) is 10. The molecule has 0 saturated heterocycles. The van der Waals surface area contributed by atoms with Gasteiger partial charge in [0, 0.05) is 6.42 Å². The number of carbonyl (C=O) groups is 3. The third-order valence-corrected chi connectivity index (χ3v) is 19.1. The maximum atomic E-state index is 13.9. The van der Waals surface area contributed by atoms with E-state index in [-0.39, 0.29) is 47.7 Å². The highest BCUT2D eigenvalue weighted by Crippen LogP contribution is 2.67. The van der Waals surface area contributed by atoms with Crippen molar-refractivity contribution in [3.8, 4) is 0 Å². The van der Waals surface area contributed by atoms with Gasteiger partial charge in [0.25, 0.3) is 7.82 Å². The Morgan fingerprint density at radius 2 is 1.48 bits per heavy atom. The average Bonchev–Trinajstić information content (AvgIpc) is 3.59. The fraction of sp³-hybridized carbons (Fsp3) is 0.915. The lowest BCUT2D eigenvalue weighted by atomic mass is 9.47. The summed E-state index contributed by atoms with van der Waals surface area (Å²) >= 11 is 0. The zero-order chi connectivity index (χ0) is 53.3. The molecule has 0 radical (unpaired) electrons. The number of phosphoric acid groups is 1. The molecule has 0 aromatic heterocycles. The number of quaternary nitrogens is 1. The van der Waals surface area contributed by atoms with E-state index in [0.29, 0.717) is 40.6 Å². The van der Waals surface area contributed by atoms with Gasteiger partial charge in [-0.1, -0.05) is 121 Å². The number of ether oxygens (including phenoxy) is 3. The van der Waals surface area contributed by atoms with Crippen molar-refractivity contribution in [2.24, 2.45) is 80.8 Å². The molecule has 3 fully saturated rings. The van der Waals surface area contributed by atoms with Crippen LogP contribution in [0.1, 0.15) is 206 Å². The molecule has 0 bridgehead atoms. The quantitative estimate of drug-likeness (QED) is 0.0257. The van der Waals surface area contributed by atoms with E-state index in [4.69, 9.17) is 23.3 Å². The van der Waals surface area contributed by atoms with E-state index in [1.165, 1.54) is 50.5 Å². The molecule has 4 aliphatic rings. The van der Waals surface area contributed by atoms with Gasteiger partial charge in [0.15, 0.2) is 6.10 Å². The number of phosphoric ester groups is 1. The molecule has 4 rings (SSSR count). The Morgan fingerprint density at radius 3 is 2.10 bits per heavy atom. The van der Waals surface area contributed by atoms with Crippen LogP contribution in [0.3, 0.4) is 0 Å². The fourth-order valence-corrected chi connectivity index (χ4v) is 15.2. The average molecular weight is 1020 g/mol. The first-order valence-corrected chi connectivity index (χ1v) is 29.9. The van der Waals surface area contributed by atoms with E-state index in [1.807, 2.05) is 21.1 Å². The van der Waals surface area contributed by atoms with Crippen LogP contribution in [0.15, 0.2) is 11.6 Å². The molecular weight excluding hydrogens is 914 g/mol. The number of rotatable bonds is 27. The Balaban J connectivity index is 1.35. The van der Waals surface area contributed by atoms with E-state index in [1.54, 1.807) is 0 Å². The normalized spacial score (nSPS) is 29.3. The third-order valence-electron chi connectivity index (χ3n) is 18.1. The lowest BCUT2D eigenvalue weighted by Crippen LogP contribution is -2.51. The lowest BCUT2D eigenvalue weighted by molar-refractivity contribution is -0.870. The van der Waals surface area contributed by atoms with Gasteiger partial charge in [-0.2, -0.15) is 0 Å². The summed E-state index contributed by atoms with van der Waals surface area (Å²) < 4.78 is 41.3. The number of esters is 3. The summed E-state index contributed by atoms with van der Waals surface area (Å²) in [5.74, 6) is 3.72. The van der Waals surface area contributed by atoms with Crippen LogP contribution in [0, 0.1) is 80.8 Å². The molecule has 4 aliphatic carbocycles. The van der Waals surface area contributed by atoms with Crippen LogP contribution in [-0.4, -0.2) is 82.1 Å². The topological polar surface area (TPSA) is 137 Å². The van der Waals surface area contributed by atoms with Crippen molar-refractivity contribution in [1.29, 1.82) is 0 Å². The largest absolute Gasteiger partial charge is 0.756 e. The molecule has 0 spiro atoms. The third kappa shape index (κ3) is 18.8. The molecule has 0 aromatic carbocycles. The van der Waals surface area contributed by atoms with Crippen molar-refractivity contribution in [2.45, 2.75) is 218 Å². The number of likely N-dealkylation sites (N-methyl/N-ethyl adjacent to an activating group) is 1. The molecule has 14 atom stereocenters. The predicted octanol–water partition coefficient (Wildman–Crippen LogP) is 13.6. The van der Waals surface area contributed by atoms with Gasteiger partial charge in [0.1, 0.15) is 25.9 Å². The van der Waals surface area contributed by atoms with Crippen molar-refractivity contribution in [1.82, 2.24) is 0 Å². The molecular formula is C59H106NO10P. The SMILES string of the molecule is CCC(CCC(C)[C@H]1CC[C@H]2[C@@H]3CC=C4C[C@@H](OC(=O)CCC(=O)OC(COC(=O)C(CCC(C)CC(C)(C)C)C(C)CC(C)(C)C)COP(=O)([O-])OCC[N+](C)(C)C)CC[C@]4(C)[C@H]3CC[C@]12C)C(C)C. The lowest BCUT2D eigenvalue weighted by Gasteiger charge is -2.58. The zero-order valence-corrected chi connectivity index (χ0v) is 49.2. The highest BCUT2D eigenvalue weighted by atomic mass is 31.2. The molecule has 0 amide bonds. The van der Waals surface area contributed by atoms with Crippen molar-refractivity contribution < 1.29 is 51.6 Å². The van der Waals surface area contributed by atoms with Gasteiger partial charge < -0.3 is 32.6 Å². The Labute approximate surface area is 434 Å². The van der Waals surface area contributed by atoms with Gasteiger partial charge in [0.05, 0.1) is 46.5 Å². The van der Waals surface area contributed by atoms with Crippen molar-refractivity contribution in [3.63, 3.8) is 0 Å². The van der Waals surface area contributed by atoms with Crippen LogP contribution < -0.4 is 4.89 Å². The maximum Gasteiger partial charge on any atom is 0.309 e. The smallest absolute Gasteiger partial charge is 0.309 e. The molecule has 12 heteroatoms. The molecule has 3 saturated carbocycles.